The molecule has 0 bridgehead atoms. The molecule has 1 aliphatic heterocycles. The molecule has 0 radical (unpaired) electrons. The van der Waals surface area contributed by atoms with E-state index in [1.54, 1.807) is 0 Å². The van der Waals surface area contributed by atoms with Crippen LogP contribution in [0.25, 0.3) is 0 Å². The minimum Gasteiger partial charge on any atom is -0.393 e. The molecular formula is C15H23ClN2O. The van der Waals surface area contributed by atoms with Gasteiger partial charge in [0.2, 0.25) is 0 Å². The summed E-state index contributed by atoms with van der Waals surface area (Å²) in [6.07, 6.45) is 1.53. The molecule has 1 aliphatic rings. The summed E-state index contributed by atoms with van der Waals surface area (Å²) in [7, 11) is 0. The second kappa shape index (κ2) is 6.60. The fraction of sp³-hybridized carbons (Fsp3) is 0.600. The van der Waals surface area contributed by atoms with Gasteiger partial charge >= 0.3 is 0 Å². The largest absolute Gasteiger partial charge is 0.393 e. The Labute approximate surface area is 120 Å². The predicted molar refractivity (Wildman–Crippen MR) is 80.9 cm³/mol. The number of hydrogen-bond donors (Lipinski definition) is 2. The van der Waals surface area contributed by atoms with Crippen LogP contribution in [0, 0.1) is 0 Å². The Morgan fingerprint density at radius 3 is 2.68 bits per heavy atom. The van der Waals surface area contributed by atoms with Crippen molar-refractivity contribution in [2.24, 2.45) is 0 Å². The van der Waals surface area contributed by atoms with E-state index in [9.17, 15) is 5.11 Å². The van der Waals surface area contributed by atoms with E-state index in [1.165, 1.54) is 11.3 Å². The Morgan fingerprint density at radius 1 is 1.37 bits per heavy atom. The fourth-order valence-electron chi connectivity index (χ4n) is 2.40. The Balaban J connectivity index is 2.14. The average Bonchev–Trinajstić information content (AvgIpc) is 2.38. The number of piperidine rings is 1. The van der Waals surface area contributed by atoms with Gasteiger partial charge < -0.3 is 15.3 Å². The normalized spacial score (nSPS) is 17.2. The van der Waals surface area contributed by atoms with E-state index in [2.05, 4.69) is 30.1 Å². The second-order valence-electron chi connectivity index (χ2n) is 5.53. The first-order chi connectivity index (χ1) is 9.06. The molecule has 1 heterocycles. The molecular weight excluding hydrogens is 260 g/mol. The molecule has 0 aliphatic carbocycles. The summed E-state index contributed by atoms with van der Waals surface area (Å²) >= 11 is 6.13. The second-order valence-corrected chi connectivity index (χ2v) is 5.96. The number of rotatable bonds is 4. The standard InChI is InChI=1S/C15H23ClN2O/c1-11(2)17-10-12-3-4-13(16)9-15(12)18-7-5-14(19)6-8-18/h3-4,9,11,14,17,19H,5-8,10H2,1-2H3. The van der Waals surface area contributed by atoms with E-state index >= 15 is 0 Å². The van der Waals surface area contributed by atoms with Crippen LogP contribution in [0.5, 0.6) is 0 Å². The zero-order valence-corrected chi connectivity index (χ0v) is 12.5. The first kappa shape index (κ1) is 14.6. The minimum atomic E-state index is -0.146. The van der Waals surface area contributed by atoms with Gasteiger partial charge in [-0.15, -0.1) is 0 Å². The molecule has 0 unspecified atom stereocenters. The molecule has 1 aromatic rings. The summed E-state index contributed by atoms with van der Waals surface area (Å²) in [5, 5.41) is 13.8. The molecule has 0 aromatic heterocycles. The molecule has 0 atom stereocenters. The molecule has 0 spiro atoms. The van der Waals surface area contributed by atoms with Gasteiger partial charge in [0.25, 0.3) is 0 Å². The summed E-state index contributed by atoms with van der Waals surface area (Å²) in [5.74, 6) is 0. The Kier molecular flexibility index (Phi) is 5.08. The molecule has 1 saturated heterocycles. The number of halogens is 1. The van der Waals surface area contributed by atoms with Crippen molar-refractivity contribution in [1.29, 1.82) is 0 Å². The Hall–Kier alpha value is -0.770. The van der Waals surface area contributed by atoms with Crippen LogP contribution in [0.1, 0.15) is 32.3 Å². The lowest BCUT2D eigenvalue weighted by atomic mass is 10.0. The molecule has 4 heteroatoms. The zero-order valence-electron chi connectivity index (χ0n) is 11.7. The van der Waals surface area contributed by atoms with E-state index in [1.807, 2.05) is 12.1 Å². The zero-order chi connectivity index (χ0) is 13.8. The van der Waals surface area contributed by atoms with Gasteiger partial charge in [-0.1, -0.05) is 31.5 Å². The topological polar surface area (TPSA) is 35.5 Å². The van der Waals surface area contributed by atoms with Gasteiger partial charge in [0, 0.05) is 36.4 Å². The van der Waals surface area contributed by atoms with Gasteiger partial charge in [0.15, 0.2) is 0 Å². The molecule has 106 valence electrons. The SMILES string of the molecule is CC(C)NCc1ccc(Cl)cc1N1CCC(O)CC1. The molecule has 1 aromatic carbocycles. The third kappa shape index (κ3) is 4.10. The maximum absolute atomic E-state index is 9.61. The molecule has 2 rings (SSSR count). The molecule has 2 N–H and O–H groups in total. The van der Waals surface area contributed by atoms with Gasteiger partial charge in [-0.3, -0.25) is 0 Å². The van der Waals surface area contributed by atoms with Crippen molar-refractivity contribution in [3.8, 4) is 0 Å². The Morgan fingerprint density at radius 2 is 2.05 bits per heavy atom. The Bertz CT molecular complexity index is 415. The third-order valence-corrected chi connectivity index (χ3v) is 3.79. The highest BCUT2D eigenvalue weighted by molar-refractivity contribution is 6.30. The van der Waals surface area contributed by atoms with Crippen molar-refractivity contribution in [1.82, 2.24) is 5.32 Å². The van der Waals surface area contributed by atoms with Crippen LogP contribution >= 0.6 is 11.6 Å². The average molecular weight is 283 g/mol. The van der Waals surface area contributed by atoms with Crippen LogP contribution < -0.4 is 10.2 Å². The monoisotopic (exact) mass is 282 g/mol. The van der Waals surface area contributed by atoms with Gasteiger partial charge in [0.1, 0.15) is 0 Å². The number of benzene rings is 1. The smallest absolute Gasteiger partial charge is 0.0574 e. The van der Waals surface area contributed by atoms with Gasteiger partial charge in [-0.2, -0.15) is 0 Å². The quantitative estimate of drug-likeness (QED) is 0.891. The number of hydrogen-bond acceptors (Lipinski definition) is 3. The molecule has 1 fully saturated rings. The lowest BCUT2D eigenvalue weighted by Crippen LogP contribution is -2.36. The molecule has 0 amide bonds. The molecule has 19 heavy (non-hydrogen) atoms. The van der Waals surface area contributed by atoms with Crippen LogP contribution in [-0.2, 0) is 6.54 Å². The summed E-state index contributed by atoms with van der Waals surface area (Å²) < 4.78 is 0. The van der Waals surface area contributed by atoms with E-state index in [0.717, 1.165) is 37.5 Å². The van der Waals surface area contributed by atoms with E-state index in [-0.39, 0.29) is 6.10 Å². The number of nitrogens with one attached hydrogen (secondary N) is 1. The minimum absolute atomic E-state index is 0.146. The number of anilines is 1. The summed E-state index contributed by atoms with van der Waals surface area (Å²) in [5.41, 5.74) is 2.47. The third-order valence-electron chi connectivity index (χ3n) is 3.55. The van der Waals surface area contributed by atoms with Gasteiger partial charge in [0.05, 0.1) is 6.10 Å². The molecule has 3 nitrogen and oxygen atoms in total. The van der Waals surface area contributed by atoms with Crippen molar-refractivity contribution in [3.05, 3.63) is 28.8 Å². The lowest BCUT2D eigenvalue weighted by Gasteiger charge is -2.33. The van der Waals surface area contributed by atoms with Crippen molar-refractivity contribution in [3.63, 3.8) is 0 Å². The first-order valence-corrected chi connectivity index (χ1v) is 7.39. The van der Waals surface area contributed by atoms with Crippen LogP contribution in [-0.4, -0.2) is 30.3 Å². The first-order valence-electron chi connectivity index (χ1n) is 7.01. The van der Waals surface area contributed by atoms with E-state index in [4.69, 9.17) is 11.6 Å². The maximum Gasteiger partial charge on any atom is 0.0574 e. The van der Waals surface area contributed by atoms with Crippen molar-refractivity contribution >= 4 is 17.3 Å². The highest BCUT2D eigenvalue weighted by Gasteiger charge is 2.19. The highest BCUT2D eigenvalue weighted by Crippen LogP contribution is 2.27. The number of aliphatic hydroxyl groups is 1. The van der Waals surface area contributed by atoms with Crippen LogP contribution in [0.3, 0.4) is 0 Å². The van der Waals surface area contributed by atoms with Crippen molar-refractivity contribution in [2.75, 3.05) is 18.0 Å². The summed E-state index contributed by atoms with van der Waals surface area (Å²) in [6, 6.07) is 6.54. The van der Waals surface area contributed by atoms with Crippen molar-refractivity contribution in [2.45, 2.75) is 45.4 Å². The maximum atomic E-state index is 9.61. The van der Waals surface area contributed by atoms with E-state index < -0.39 is 0 Å². The summed E-state index contributed by atoms with van der Waals surface area (Å²) in [4.78, 5) is 2.33. The lowest BCUT2D eigenvalue weighted by molar-refractivity contribution is 0.145. The fourth-order valence-corrected chi connectivity index (χ4v) is 2.57. The number of nitrogens with zero attached hydrogens (tertiary/aromatic N) is 1. The van der Waals surface area contributed by atoms with E-state index in [0.29, 0.717) is 6.04 Å². The molecule has 0 saturated carbocycles. The van der Waals surface area contributed by atoms with Crippen LogP contribution in [0.4, 0.5) is 5.69 Å². The predicted octanol–water partition coefficient (Wildman–Crippen LogP) is 2.80. The van der Waals surface area contributed by atoms with Gasteiger partial charge in [-0.05, 0) is 30.5 Å². The summed E-state index contributed by atoms with van der Waals surface area (Å²) in [6.45, 7) is 6.94. The number of aliphatic hydroxyl groups excluding tert-OH is 1. The van der Waals surface area contributed by atoms with Crippen molar-refractivity contribution < 1.29 is 5.11 Å². The highest BCUT2D eigenvalue weighted by atomic mass is 35.5. The van der Waals surface area contributed by atoms with Gasteiger partial charge in [-0.25, -0.2) is 0 Å². The van der Waals surface area contributed by atoms with Crippen LogP contribution in [0.2, 0.25) is 5.02 Å². The van der Waals surface area contributed by atoms with Crippen LogP contribution in [0.15, 0.2) is 18.2 Å².